The lowest BCUT2D eigenvalue weighted by atomic mass is 9.86. The summed E-state index contributed by atoms with van der Waals surface area (Å²) >= 11 is 0. The van der Waals surface area contributed by atoms with Crippen LogP contribution in [0.25, 0.3) is 5.57 Å². The van der Waals surface area contributed by atoms with Gasteiger partial charge in [0.1, 0.15) is 0 Å². The van der Waals surface area contributed by atoms with Crippen LogP contribution in [-0.4, -0.2) is 27.5 Å². The summed E-state index contributed by atoms with van der Waals surface area (Å²) in [5.74, 6) is 0. The van der Waals surface area contributed by atoms with E-state index in [1.807, 2.05) is 20.8 Å². The van der Waals surface area contributed by atoms with E-state index in [0.29, 0.717) is 0 Å². The van der Waals surface area contributed by atoms with Gasteiger partial charge in [-0.15, -0.1) is 0 Å². The molecule has 0 bridgehead atoms. The van der Waals surface area contributed by atoms with Gasteiger partial charge in [0.25, 0.3) is 10.1 Å². The van der Waals surface area contributed by atoms with Crippen molar-refractivity contribution in [3.63, 3.8) is 0 Å². The zero-order chi connectivity index (χ0) is 17.2. The molecule has 0 N–H and O–H groups in total. The minimum absolute atomic E-state index is 0.0300. The van der Waals surface area contributed by atoms with E-state index >= 15 is 0 Å². The Morgan fingerprint density at radius 3 is 2.00 bits per heavy atom. The van der Waals surface area contributed by atoms with Gasteiger partial charge in [-0.3, -0.25) is 4.18 Å². The summed E-state index contributed by atoms with van der Waals surface area (Å²) in [5, 5.41) is 0. The minimum Gasteiger partial charge on any atom is -0.266 e. The lowest BCUT2D eigenvalue weighted by molar-refractivity contribution is -0.0691. The summed E-state index contributed by atoms with van der Waals surface area (Å²) in [6.07, 6.45) is -3.08. The molecule has 1 rings (SSSR count). The Kier molecular flexibility index (Phi) is 5.46. The molecule has 0 heterocycles. The summed E-state index contributed by atoms with van der Waals surface area (Å²) in [5.41, 5.74) is -0.209. The number of halogens is 3. The Bertz CT molecular complexity index is 636. The van der Waals surface area contributed by atoms with Crippen LogP contribution in [0.2, 0.25) is 0 Å². The zero-order valence-electron chi connectivity index (χ0n) is 12.9. The average molecular weight is 336 g/mol. The van der Waals surface area contributed by atoms with E-state index in [-0.39, 0.29) is 11.0 Å². The molecule has 0 saturated heterocycles. The van der Waals surface area contributed by atoms with Crippen molar-refractivity contribution >= 4 is 15.7 Å². The van der Waals surface area contributed by atoms with Crippen LogP contribution < -0.4 is 0 Å². The fourth-order valence-electron chi connectivity index (χ4n) is 1.79. The number of hydrogen-bond acceptors (Lipinski definition) is 3. The highest BCUT2D eigenvalue weighted by molar-refractivity contribution is 7.85. The molecule has 1 aromatic carbocycles. The first-order valence-electron chi connectivity index (χ1n) is 6.53. The third-order valence-corrected chi connectivity index (χ3v) is 3.50. The molecule has 0 aliphatic rings. The molecule has 3 nitrogen and oxygen atoms in total. The standard InChI is InChI=1S/C15H19F3O3S/c1-14(2,3)12-7-5-11(6-8-12)13(15(16,17)18)9-10-21-22(4,19)20/h5-9H,10H2,1-4H3/b13-9+. The monoisotopic (exact) mass is 336 g/mol. The third kappa shape index (κ3) is 5.81. The van der Waals surface area contributed by atoms with Gasteiger partial charge in [0.15, 0.2) is 0 Å². The second-order valence-corrected chi connectivity index (χ2v) is 7.58. The first kappa shape index (κ1) is 18.7. The van der Waals surface area contributed by atoms with E-state index in [1.165, 1.54) is 12.1 Å². The number of rotatable bonds is 4. The molecule has 0 fully saturated rings. The molecule has 124 valence electrons. The van der Waals surface area contributed by atoms with Crippen LogP contribution in [0.4, 0.5) is 13.2 Å². The molecule has 22 heavy (non-hydrogen) atoms. The molecule has 7 heteroatoms. The second-order valence-electron chi connectivity index (χ2n) is 5.93. The number of alkyl halides is 3. The summed E-state index contributed by atoms with van der Waals surface area (Å²) < 4.78 is 65.3. The lowest BCUT2D eigenvalue weighted by Crippen LogP contribution is -2.14. The molecular formula is C15H19F3O3S. The van der Waals surface area contributed by atoms with Gasteiger partial charge in [0.05, 0.1) is 18.4 Å². The SMILES string of the molecule is CC(C)(C)c1ccc(/C(=C\COS(C)(=O)=O)C(F)(F)F)cc1. The molecule has 0 radical (unpaired) electrons. The summed E-state index contributed by atoms with van der Waals surface area (Å²) in [4.78, 5) is 0. The molecular weight excluding hydrogens is 317 g/mol. The van der Waals surface area contributed by atoms with Crippen molar-refractivity contribution in [3.05, 3.63) is 41.5 Å². The first-order chi connectivity index (χ1) is 9.81. The van der Waals surface area contributed by atoms with Crippen molar-refractivity contribution in [2.75, 3.05) is 12.9 Å². The van der Waals surface area contributed by atoms with Crippen LogP contribution in [0.3, 0.4) is 0 Å². The lowest BCUT2D eigenvalue weighted by Gasteiger charge is -2.20. The van der Waals surface area contributed by atoms with Gasteiger partial charge in [-0.05, 0) is 22.6 Å². The van der Waals surface area contributed by atoms with E-state index < -0.39 is 28.5 Å². The van der Waals surface area contributed by atoms with Crippen molar-refractivity contribution in [1.29, 1.82) is 0 Å². The highest BCUT2D eigenvalue weighted by atomic mass is 32.2. The van der Waals surface area contributed by atoms with Crippen LogP contribution in [0.5, 0.6) is 0 Å². The van der Waals surface area contributed by atoms with Crippen LogP contribution in [-0.2, 0) is 19.7 Å². The number of benzene rings is 1. The molecule has 0 aromatic heterocycles. The molecule has 0 atom stereocenters. The Labute approximate surface area is 128 Å². The minimum atomic E-state index is -4.59. The Balaban J connectivity index is 3.11. The Morgan fingerprint density at radius 1 is 1.14 bits per heavy atom. The fourth-order valence-corrected chi connectivity index (χ4v) is 2.10. The molecule has 1 aromatic rings. The van der Waals surface area contributed by atoms with Crippen LogP contribution in [0, 0.1) is 0 Å². The maximum atomic E-state index is 13.1. The molecule has 0 aliphatic carbocycles. The van der Waals surface area contributed by atoms with Crippen LogP contribution in [0.1, 0.15) is 31.9 Å². The van der Waals surface area contributed by atoms with E-state index in [4.69, 9.17) is 0 Å². The summed E-state index contributed by atoms with van der Waals surface area (Å²) in [7, 11) is -3.79. The molecule has 0 spiro atoms. The van der Waals surface area contributed by atoms with E-state index in [1.54, 1.807) is 12.1 Å². The molecule has 0 unspecified atom stereocenters. The van der Waals surface area contributed by atoms with Crippen LogP contribution >= 0.6 is 0 Å². The second kappa shape index (κ2) is 6.42. The summed E-state index contributed by atoms with van der Waals surface area (Å²) in [6, 6.07) is 6.01. The summed E-state index contributed by atoms with van der Waals surface area (Å²) in [6.45, 7) is 5.22. The van der Waals surface area contributed by atoms with Crippen molar-refractivity contribution < 1.29 is 25.8 Å². The fraction of sp³-hybridized carbons (Fsp3) is 0.467. The Morgan fingerprint density at radius 2 is 1.64 bits per heavy atom. The molecule has 0 aliphatic heterocycles. The smallest absolute Gasteiger partial charge is 0.266 e. The maximum absolute atomic E-state index is 13.1. The van der Waals surface area contributed by atoms with Gasteiger partial charge in [-0.25, -0.2) is 0 Å². The van der Waals surface area contributed by atoms with Crippen molar-refractivity contribution in [1.82, 2.24) is 0 Å². The van der Waals surface area contributed by atoms with Gasteiger partial charge in [0, 0.05) is 0 Å². The topological polar surface area (TPSA) is 43.4 Å². The first-order valence-corrected chi connectivity index (χ1v) is 8.35. The Hall–Kier alpha value is -1.34. The predicted molar refractivity (Wildman–Crippen MR) is 80.0 cm³/mol. The van der Waals surface area contributed by atoms with Gasteiger partial charge >= 0.3 is 6.18 Å². The van der Waals surface area contributed by atoms with Crippen molar-refractivity contribution in [3.8, 4) is 0 Å². The number of hydrogen-bond donors (Lipinski definition) is 0. The quantitative estimate of drug-likeness (QED) is 0.783. The predicted octanol–water partition coefficient (Wildman–Crippen LogP) is 3.91. The van der Waals surface area contributed by atoms with Crippen LogP contribution in [0.15, 0.2) is 30.3 Å². The normalized spacial score (nSPS) is 14.2. The van der Waals surface area contributed by atoms with Crippen molar-refractivity contribution in [2.45, 2.75) is 32.4 Å². The van der Waals surface area contributed by atoms with Gasteiger partial charge < -0.3 is 0 Å². The van der Waals surface area contributed by atoms with E-state index in [2.05, 4.69) is 4.18 Å². The maximum Gasteiger partial charge on any atom is 0.416 e. The van der Waals surface area contributed by atoms with Gasteiger partial charge in [-0.2, -0.15) is 21.6 Å². The molecule has 0 amide bonds. The van der Waals surface area contributed by atoms with Gasteiger partial charge in [-0.1, -0.05) is 45.0 Å². The zero-order valence-corrected chi connectivity index (χ0v) is 13.7. The third-order valence-electron chi connectivity index (χ3n) is 2.94. The highest BCUT2D eigenvalue weighted by Gasteiger charge is 2.34. The van der Waals surface area contributed by atoms with E-state index in [9.17, 15) is 21.6 Å². The largest absolute Gasteiger partial charge is 0.416 e. The number of allylic oxidation sites excluding steroid dienone is 1. The highest BCUT2D eigenvalue weighted by Crippen LogP contribution is 2.34. The van der Waals surface area contributed by atoms with E-state index in [0.717, 1.165) is 17.9 Å². The van der Waals surface area contributed by atoms with Crippen molar-refractivity contribution in [2.24, 2.45) is 0 Å². The van der Waals surface area contributed by atoms with Gasteiger partial charge in [0.2, 0.25) is 0 Å². The average Bonchev–Trinajstić information content (AvgIpc) is 2.31. The molecule has 0 saturated carbocycles.